The number of carbonyl (C=O) groups excluding carboxylic acids is 2. The van der Waals surface area contributed by atoms with E-state index in [1.807, 2.05) is 19.1 Å². The number of aryl methyl sites for hydroxylation is 1. The molecule has 0 atom stereocenters. The van der Waals surface area contributed by atoms with E-state index in [4.69, 9.17) is 11.6 Å². The number of hydrogen-bond donors (Lipinski definition) is 1. The van der Waals surface area contributed by atoms with Crippen LogP contribution in [0.3, 0.4) is 0 Å². The predicted octanol–water partition coefficient (Wildman–Crippen LogP) is 5.32. The van der Waals surface area contributed by atoms with Crippen molar-refractivity contribution in [1.29, 1.82) is 0 Å². The normalized spacial score (nSPS) is 13.9. The Hall–Kier alpha value is -3.51. The largest absolute Gasteiger partial charge is 0.350 e. The molecule has 0 unspecified atom stereocenters. The average Bonchev–Trinajstić information content (AvgIpc) is 2.95. The van der Waals surface area contributed by atoms with Crippen LogP contribution in [0, 0.1) is 18.6 Å². The maximum atomic E-state index is 13.6. The van der Waals surface area contributed by atoms with Gasteiger partial charge in [-0.2, -0.15) is 0 Å². The van der Waals surface area contributed by atoms with Crippen molar-refractivity contribution in [2.75, 3.05) is 10.2 Å². The molecule has 1 aliphatic heterocycles. The first kappa shape index (κ1) is 19.8. The Bertz CT molecular complexity index is 1210. The topological polar surface area (TPSA) is 49.4 Å². The lowest BCUT2D eigenvalue weighted by molar-refractivity contribution is -0.120. The fourth-order valence-electron chi connectivity index (χ4n) is 3.20. The number of anilines is 2. The van der Waals surface area contributed by atoms with Crippen molar-refractivity contribution in [3.8, 4) is 0 Å². The molecule has 150 valence electrons. The molecule has 0 spiro atoms. The minimum absolute atomic E-state index is 0.00472. The van der Waals surface area contributed by atoms with E-state index < -0.39 is 23.4 Å². The molecule has 4 rings (SSSR count). The molecular weight excluding hydrogens is 410 g/mol. The lowest BCUT2D eigenvalue weighted by Crippen LogP contribution is -2.32. The molecule has 1 aliphatic rings. The second kappa shape index (κ2) is 7.72. The van der Waals surface area contributed by atoms with Crippen molar-refractivity contribution < 1.29 is 18.4 Å². The van der Waals surface area contributed by atoms with Crippen LogP contribution in [0.5, 0.6) is 0 Å². The van der Waals surface area contributed by atoms with Crippen LogP contribution in [0.4, 0.5) is 20.2 Å². The van der Waals surface area contributed by atoms with Crippen LogP contribution < -0.4 is 10.2 Å². The molecule has 0 fully saturated rings. The molecule has 4 nitrogen and oxygen atoms in total. The summed E-state index contributed by atoms with van der Waals surface area (Å²) in [5, 5.41) is 2.66. The number of imide groups is 1. The number of carbonyl (C=O) groups is 2. The molecular formula is C23H15ClF2N2O2. The summed E-state index contributed by atoms with van der Waals surface area (Å²) >= 11 is 5.85. The Balaban J connectivity index is 1.83. The number of benzene rings is 3. The Labute approximate surface area is 176 Å². The first-order valence-corrected chi connectivity index (χ1v) is 9.40. The minimum Gasteiger partial charge on any atom is -0.350 e. The predicted molar refractivity (Wildman–Crippen MR) is 112 cm³/mol. The van der Waals surface area contributed by atoms with E-state index in [-0.39, 0.29) is 22.0 Å². The first-order valence-electron chi connectivity index (χ1n) is 9.03. The van der Waals surface area contributed by atoms with Crippen LogP contribution in [0.2, 0.25) is 5.02 Å². The Morgan fingerprint density at radius 3 is 2.30 bits per heavy atom. The van der Waals surface area contributed by atoms with Crippen molar-refractivity contribution in [3.05, 3.63) is 100 Å². The van der Waals surface area contributed by atoms with Crippen LogP contribution in [0.1, 0.15) is 11.1 Å². The molecule has 0 aromatic heterocycles. The maximum absolute atomic E-state index is 13.6. The molecule has 2 amide bonds. The van der Waals surface area contributed by atoms with Crippen molar-refractivity contribution in [1.82, 2.24) is 0 Å². The quantitative estimate of drug-likeness (QED) is 0.576. The van der Waals surface area contributed by atoms with Gasteiger partial charge in [-0.05, 0) is 48.9 Å². The van der Waals surface area contributed by atoms with Crippen molar-refractivity contribution >= 4 is 40.4 Å². The smallest absolute Gasteiger partial charge is 0.282 e. The van der Waals surface area contributed by atoms with Gasteiger partial charge in [-0.3, -0.25) is 9.59 Å². The molecule has 0 aliphatic carbocycles. The van der Waals surface area contributed by atoms with Gasteiger partial charge in [0, 0.05) is 5.69 Å². The summed E-state index contributed by atoms with van der Waals surface area (Å²) in [4.78, 5) is 27.4. The zero-order valence-corrected chi connectivity index (χ0v) is 16.5. The van der Waals surface area contributed by atoms with Gasteiger partial charge in [-0.25, -0.2) is 13.7 Å². The van der Waals surface area contributed by atoms with Crippen molar-refractivity contribution in [3.63, 3.8) is 0 Å². The lowest BCUT2D eigenvalue weighted by Gasteiger charge is -2.16. The van der Waals surface area contributed by atoms with Gasteiger partial charge in [0.05, 0.1) is 16.3 Å². The Kier molecular flexibility index (Phi) is 5.10. The number of halogens is 3. The highest BCUT2D eigenvalue weighted by molar-refractivity contribution is 6.46. The molecule has 30 heavy (non-hydrogen) atoms. The highest BCUT2D eigenvalue weighted by atomic mass is 35.5. The summed E-state index contributed by atoms with van der Waals surface area (Å²) in [5.41, 5.74) is 2.08. The average molecular weight is 425 g/mol. The highest BCUT2D eigenvalue weighted by Gasteiger charge is 2.40. The molecule has 0 bridgehead atoms. The van der Waals surface area contributed by atoms with E-state index in [0.29, 0.717) is 11.3 Å². The van der Waals surface area contributed by atoms with Gasteiger partial charge in [0.15, 0.2) is 0 Å². The Morgan fingerprint density at radius 1 is 0.900 bits per heavy atom. The molecule has 1 N–H and O–H groups in total. The molecule has 0 saturated heterocycles. The summed E-state index contributed by atoms with van der Waals surface area (Å²) in [6.07, 6.45) is 0. The number of rotatable bonds is 4. The Morgan fingerprint density at radius 2 is 1.63 bits per heavy atom. The molecule has 3 aromatic carbocycles. The van der Waals surface area contributed by atoms with E-state index in [9.17, 15) is 18.4 Å². The lowest BCUT2D eigenvalue weighted by atomic mass is 10.0. The van der Waals surface area contributed by atoms with E-state index in [0.717, 1.165) is 16.5 Å². The van der Waals surface area contributed by atoms with Gasteiger partial charge in [0.25, 0.3) is 11.8 Å². The van der Waals surface area contributed by atoms with Crippen LogP contribution >= 0.6 is 11.6 Å². The van der Waals surface area contributed by atoms with Crippen LogP contribution in [-0.2, 0) is 9.59 Å². The second-order valence-electron chi connectivity index (χ2n) is 6.80. The fraction of sp³-hybridized carbons (Fsp3) is 0.0435. The van der Waals surface area contributed by atoms with E-state index in [1.165, 1.54) is 30.3 Å². The van der Waals surface area contributed by atoms with Gasteiger partial charge in [0.2, 0.25) is 0 Å². The highest BCUT2D eigenvalue weighted by Crippen LogP contribution is 2.35. The van der Waals surface area contributed by atoms with E-state index >= 15 is 0 Å². The molecule has 3 aromatic rings. The monoisotopic (exact) mass is 424 g/mol. The van der Waals surface area contributed by atoms with Gasteiger partial charge in [-0.1, -0.05) is 47.5 Å². The number of hydrogen-bond acceptors (Lipinski definition) is 3. The van der Waals surface area contributed by atoms with Crippen LogP contribution in [-0.4, -0.2) is 11.8 Å². The van der Waals surface area contributed by atoms with Crippen molar-refractivity contribution in [2.24, 2.45) is 0 Å². The number of amides is 2. The number of nitrogens with one attached hydrogen (secondary N) is 1. The summed E-state index contributed by atoms with van der Waals surface area (Å²) < 4.78 is 27.2. The molecule has 1 heterocycles. The summed E-state index contributed by atoms with van der Waals surface area (Å²) in [5.74, 6) is -2.39. The third-order valence-electron chi connectivity index (χ3n) is 4.68. The van der Waals surface area contributed by atoms with Gasteiger partial charge in [0.1, 0.15) is 17.3 Å². The summed E-state index contributed by atoms with van der Waals surface area (Å²) in [7, 11) is 0. The van der Waals surface area contributed by atoms with Gasteiger partial charge >= 0.3 is 0 Å². The maximum Gasteiger partial charge on any atom is 0.282 e. The third-order valence-corrected chi connectivity index (χ3v) is 4.97. The fourth-order valence-corrected chi connectivity index (χ4v) is 3.38. The van der Waals surface area contributed by atoms with Crippen molar-refractivity contribution in [2.45, 2.75) is 6.92 Å². The van der Waals surface area contributed by atoms with Gasteiger partial charge < -0.3 is 5.32 Å². The molecule has 0 radical (unpaired) electrons. The minimum atomic E-state index is -0.663. The number of nitrogens with zero attached hydrogens (tertiary/aromatic N) is 1. The van der Waals surface area contributed by atoms with Crippen LogP contribution in [0.15, 0.2) is 72.4 Å². The second-order valence-corrected chi connectivity index (χ2v) is 7.20. The zero-order valence-electron chi connectivity index (χ0n) is 15.7. The summed E-state index contributed by atoms with van der Waals surface area (Å²) in [6.45, 7) is 1.90. The third kappa shape index (κ3) is 3.57. The SMILES string of the molecule is Cc1ccc(C2=C(Nc3cccc(F)c3)C(=O)N(c3ccc(F)c(Cl)c3)C2=O)cc1. The molecule has 0 saturated carbocycles. The van der Waals surface area contributed by atoms with E-state index in [2.05, 4.69) is 5.32 Å². The standard InChI is InChI=1S/C23H15ClF2N2O2/c1-13-5-7-14(8-6-13)20-21(27-16-4-2-3-15(25)11-16)23(30)28(22(20)29)17-9-10-19(26)18(24)12-17/h2-12,27H,1H3. The van der Waals surface area contributed by atoms with E-state index in [1.54, 1.807) is 18.2 Å². The van der Waals surface area contributed by atoms with Crippen LogP contribution in [0.25, 0.3) is 5.57 Å². The zero-order chi connectivity index (χ0) is 21.4. The molecule has 7 heteroatoms. The summed E-state index contributed by atoms with van der Waals surface area (Å²) in [6, 6.07) is 16.2. The van der Waals surface area contributed by atoms with Gasteiger partial charge in [-0.15, -0.1) is 0 Å². The first-order chi connectivity index (χ1) is 14.3.